The van der Waals surface area contributed by atoms with Gasteiger partial charge in [-0.3, -0.25) is 9.89 Å². The van der Waals surface area contributed by atoms with E-state index in [9.17, 15) is 14.4 Å². The van der Waals surface area contributed by atoms with Crippen LogP contribution in [0.1, 0.15) is 61.6 Å². The molecule has 4 aliphatic heterocycles. The smallest absolute Gasteiger partial charge is 0.322 e. The van der Waals surface area contributed by atoms with Gasteiger partial charge in [0.25, 0.3) is 0 Å². The lowest BCUT2D eigenvalue weighted by Gasteiger charge is -2.42. The van der Waals surface area contributed by atoms with Crippen LogP contribution in [0.25, 0.3) is 10.9 Å². The zero-order chi connectivity index (χ0) is 32.5. The predicted molar refractivity (Wildman–Crippen MR) is 182 cm³/mol. The van der Waals surface area contributed by atoms with Gasteiger partial charge in [-0.1, -0.05) is 36.2 Å². The molecule has 3 aromatic rings. The first-order valence-corrected chi connectivity index (χ1v) is 17.6. The molecule has 4 aliphatic rings. The number of fused-ring (bicyclic) bond motifs is 2. The van der Waals surface area contributed by atoms with Crippen molar-refractivity contribution in [1.82, 2.24) is 35.1 Å². The van der Waals surface area contributed by atoms with Gasteiger partial charge < -0.3 is 30.2 Å². The monoisotopic (exact) mass is 660 g/mol. The van der Waals surface area contributed by atoms with E-state index in [0.717, 1.165) is 53.5 Å². The summed E-state index contributed by atoms with van der Waals surface area (Å²) >= 11 is 6.31. The fraction of sp³-hybridized carbons (Fsp3) is 0.543. The molecule has 5 heterocycles. The summed E-state index contributed by atoms with van der Waals surface area (Å²) in [5.41, 5.74) is 4.71. The van der Waals surface area contributed by atoms with Crippen LogP contribution in [-0.4, -0.2) is 105 Å². The highest BCUT2D eigenvalue weighted by atomic mass is 35.5. The van der Waals surface area contributed by atoms with Crippen molar-refractivity contribution in [3.8, 4) is 0 Å². The van der Waals surface area contributed by atoms with Gasteiger partial charge in [0.2, 0.25) is 5.91 Å². The zero-order valence-corrected chi connectivity index (χ0v) is 27.9. The Labute approximate surface area is 280 Å². The Morgan fingerprint density at radius 2 is 1.70 bits per heavy atom. The molecule has 0 bridgehead atoms. The standard InChI is InChI=1S/C35H45ClN8O3/c1-23-18-24(19-26-21-37-40-31(23)26)20-30(33(45)42-14-8-27(9-15-42)41-12-3-2-4-13-41)38-34(46)43-16-10-28(11-17-43)44-22-25-6-5-7-29(36)32(25)39-35(44)47/h5-7,18-19,21,27-28,30H,2-4,8-17,20,22H2,1H3,(H,37,40)(H,38,46)(H,39,47). The summed E-state index contributed by atoms with van der Waals surface area (Å²) in [5, 5.41) is 14.9. The fourth-order valence-electron chi connectivity index (χ4n) is 8.01. The molecule has 11 nitrogen and oxygen atoms in total. The van der Waals surface area contributed by atoms with E-state index in [2.05, 4.69) is 37.9 Å². The summed E-state index contributed by atoms with van der Waals surface area (Å²) in [5.74, 6) is -0.0161. The number of rotatable bonds is 6. The number of hydrogen-bond acceptors (Lipinski definition) is 5. The summed E-state index contributed by atoms with van der Waals surface area (Å²) in [6, 6.07) is 9.27. The molecule has 0 spiro atoms. The number of likely N-dealkylation sites (tertiary alicyclic amines) is 3. The third kappa shape index (κ3) is 6.78. The highest BCUT2D eigenvalue weighted by molar-refractivity contribution is 6.34. The van der Waals surface area contributed by atoms with E-state index in [1.165, 1.54) is 19.3 Å². The number of carbonyl (C=O) groups is 3. The first kappa shape index (κ1) is 31.8. The first-order chi connectivity index (χ1) is 22.8. The van der Waals surface area contributed by atoms with Crippen molar-refractivity contribution in [1.29, 1.82) is 0 Å². The Hall–Kier alpha value is -3.83. The number of hydrogen-bond donors (Lipinski definition) is 3. The number of piperidine rings is 3. The largest absolute Gasteiger partial charge is 0.341 e. The molecule has 5 amide bonds. The zero-order valence-electron chi connectivity index (χ0n) is 27.1. The molecule has 47 heavy (non-hydrogen) atoms. The maximum Gasteiger partial charge on any atom is 0.322 e. The molecule has 0 saturated carbocycles. The number of nitrogens with one attached hydrogen (secondary N) is 3. The van der Waals surface area contributed by atoms with Gasteiger partial charge in [-0.05, 0) is 87.4 Å². The first-order valence-electron chi connectivity index (χ1n) is 17.2. The Morgan fingerprint density at radius 1 is 0.979 bits per heavy atom. The molecule has 1 aromatic heterocycles. The number of halogens is 1. The molecule has 2 aromatic carbocycles. The van der Waals surface area contributed by atoms with Gasteiger partial charge in [-0.2, -0.15) is 5.10 Å². The number of carbonyl (C=O) groups excluding carboxylic acids is 3. The topological polar surface area (TPSA) is 117 Å². The van der Waals surface area contributed by atoms with E-state index in [0.29, 0.717) is 68.7 Å². The van der Waals surface area contributed by atoms with Crippen molar-refractivity contribution < 1.29 is 14.4 Å². The molecule has 1 unspecified atom stereocenters. The van der Waals surface area contributed by atoms with Gasteiger partial charge in [0.1, 0.15) is 6.04 Å². The van der Waals surface area contributed by atoms with E-state index in [1.807, 2.05) is 28.9 Å². The van der Waals surface area contributed by atoms with Crippen molar-refractivity contribution in [3.63, 3.8) is 0 Å². The van der Waals surface area contributed by atoms with Crippen molar-refractivity contribution in [2.45, 2.75) is 83.0 Å². The number of nitrogens with zero attached hydrogens (tertiary/aromatic N) is 5. The lowest BCUT2D eigenvalue weighted by atomic mass is 9.97. The molecular formula is C35H45ClN8O3. The molecule has 250 valence electrons. The van der Waals surface area contributed by atoms with Gasteiger partial charge in [0, 0.05) is 56.6 Å². The molecular weight excluding hydrogens is 616 g/mol. The fourth-order valence-corrected chi connectivity index (χ4v) is 8.25. The van der Waals surface area contributed by atoms with E-state index < -0.39 is 6.04 Å². The van der Waals surface area contributed by atoms with Crippen molar-refractivity contribution in [2.24, 2.45) is 0 Å². The van der Waals surface area contributed by atoms with Crippen LogP contribution in [0.5, 0.6) is 0 Å². The number of H-pyrrole nitrogens is 1. The Bertz CT molecular complexity index is 1620. The predicted octanol–water partition coefficient (Wildman–Crippen LogP) is 5.13. The number of urea groups is 2. The average Bonchev–Trinajstić information content (AvgIpc) is 3.58. The van der Waals surface area contributed by atoms with Crippen LogP contribution >= 0.6 is 11.6 Å². The third-order valence-electron chi connectivity index (χ3n) is 10.7. The van der Waals surface area contributed by atoms with Crippen LogP contribution in [0.4, 0.5) is 15.3 Å². The molecule has 0 radical (unpaired) electrons. The van der Waals surface area contributed by atoms with Crippen molar-refractivity contribution in [2.75, 3.05) is 44.6 Å². The van der Waals surface area contributed by atoms with Gasteiger partial charge >= 0.3 is 12.1 Å². The van der Waals surface area contributed by atoms with Crippen LogP contribution in [0, 0.1) is 6.92 Å². The van der Waals surface area contributed by atoms with Gasteiger partial charge in [0.05, 0.1) is 22.4 Å². The molecule has 12 heteroatoms. The molecule has 3 N–H and O–H groups in total. The second kappa shape index (κ2) is 13.7. The highest BCUT2D eigenvalue weighted by Crippen LogP contribution is 2.33. The summed E-state index contributed by atoms with van der Waals surface area (Å²) in [7, 11) is 0. The maximum atomic E-state index is 14.1. The van der Waals surface area contributed by atoms with Crippen molar-refractivity contribution in [3.05, 3.63) is 58.2 Å². The van der Waals surface area contributed by atoms with Gasteiger partial charge in [0.15, 0.2) is 0 Å². The second-order valence-corrected chi connectivity index (χ2v) is 14.1. The number of anilines is 1. The van der Waals surface area contributed by atoms with Crippen LogP contribution in [0.3, 0.4) is 0 Å². The minimum Gasteiger partial charge on any atom is -0.341 e. The second-order valence-electron chi connectivity index (χ2n) is 13.7. The summed E-state index contributed by atoms with van der Waals surface area (Å²) in [6.07, 6.45) is 9.32. The Kier molecular flexibility index (Phi) is 9.27. The van der Waals surface area contributed by atoms with Crippen LogP contribution in [-0.2, 0) is 17.8 Å². The number of aryl methyl sites for hydroxylation is 1. The highest BCUT2D eigenvalue weighted by Gasteiger charge is 2.36. The average molecular weight is 661 g/mol. The molecule has 0 aliphatic carbocycles. The Balaban J connectivity index is 1.01. The number of benzene rings is 2. The maximum absolute atomic E-state index is 14.1. The third-order valence-corrected chi connectivity index (χ3v) is 11.0. The minimum atomic E-state index is -0.676. The molecule has 3 fully saturated rings. The molecule has 7 rings (SSSR count). The summed E-state index contributed by atoms with van der Waals surface area (Å²) < 4.78 is 0. The van der Waals surface area contributed by atoms with E-state index in [1.54, 1.807) is 17.2 Å². The normalized spacial score (nSPS) is 20.6. The molecule has 3 saturated heterocycles. The minimum absolute atomic E-state index is 0.00877. The number of aromatic nitrogens is 2. The number of para-hydroxylation sites is 1. The van der Waals surface area contributed by atoms with Crippen molar-refractivity contribution >= 4 is 46.2 Å². The lowest BCUT2D eigenvalue weighted by molar-refractivity contribution is -0.134. The molecule has 1 atom stereocenters. The van der Waals surface area contributed by atoms with E-state index in [-0.39, 0.29) is 24.0 Å². The number of amides is 5. The quantitative estimate of drug-likeness (QED) is 0.339. The SMILES string of the molecule is Cc1cc(CC(NC(=O)N2CCC(N3Cc4cccc(Cl)c4NC3=O)CC2)C(=O)N2CCC(N3CCCCC3)CC2)cc2cn[nH]c12. The van der Waals surface area contributed by atoms with Gasteiger partial charge in [-0.25, -0.2) is 9.59 Å². The van der Waals surface area contributed by atoms with E-state index in [4.69, 9.17) is 11.6 Å². The van der Waals surface area contributed by atoms with Gasteiger partial charge in [-0.15, -0.1) is 0 Å². The Morgan fingerprint density at radius 3 is 2.47 bits per heavy atom. The van der Waals surface area contributed by atoms with Crippen LogP contribution in [0.2, 0.25) is 5.02 Å². The number of aromatic amines is 1. The summed E-state index contributed by atoms with van der Waals surface area (Å²) in [4.78, 5) is 49.1. The lowest BCUT2D eigenvalue weighted by Crippen LogP contribution is -2.57. The van der Waals surface area contributed by atoms with E-state index >= 15 is 0 Å². The van der Waals surface area contributed by atoms with Crippen LogP contribution in [0.15, 0.2) is 36.5 Å². The van der Waals surface area contributed by atoms with Crippen LogP contribution < -0.4 is 10.6 Å². The summed E-state index contributed by atoms with van der Waals surface area (Å²) in [6.45, 7) is 7.28.